The van der Waals surface area contributed by atoms with Crippen LogP contribution in [0.4, 0.5) is 10.5 Å². The lowest BCUT2D eigenvalue weighted by molar-refractivity contribution is 0.143. The fourth-order valence-corrected chi connectivity index (χ4v) is 5.95. The maximum Gasteiger partial charge on any atom is 0.325 e. The first kappa shape index (κ1) is 19.5. The van der Waals surface area contributed by atoms with Crippen LogP contribution in [0.15, 0.2) is 60.0 Å². The molecule has 0 saturated heterocycles. The molecule has 5 rings (SSSR count). The van der Waals surface area contributed by atoms with Gasteiger partial charge in [-0.25, -0.2) is 4.79 Å². The van der Waals surface area contributed by atoms with Crippen LogP contribution < -0.4 is 9.64 Å². The summed E-state index contributed by atoms with van der Waals surface area (Å²) in [5.74, 6) is 1.21. The molecule has 2 aliphatic rings. The van der Waals surface area contributed by atoms with Gasteiger partial charge in [-0.05, 0) is 66.1 Å². The Kier molecular flexibility index (Phi) is 4.75. The van der Waals surface area contributed by atoms with E-state index in [9.17, 15) is 4.79 Å². The van der Waals surface area contributed by atoms with E-state index in [-0.39, 0.29) is 6.03 Å². The second kappa shape index (κ2) is 7.33. The number of carbonyl (C=O) groups is 1. The van der Waals surface area contributed by atoms with Crippen molar-refractivity contribution in [2.24, 2.45) is 5.92 Å². The number of anilines is 1. The molecular weight excluding hydrogens is 416 g/mol. The van der Waals surface area contributed by atoms with Crippen LogP contribution in [0.25, 0.3) is 0 Å². The molecule has 1 saturated carbocycles. The summed E-state index contributed by atoms with van der Waals surface area (Å²) >= 11 is 8.20. The molecule has 30 heavy (non-hydrogen) atoms. The van der Waals surface area contributed by atoms with Crippen LogP contribution in [0, 0.1) is 5.92 Å². The second-order valence-corrected chi connectivity index (χ2v) is 9.34. The van der Waals surface area contributed by atoms with Crippen LogP contribution in [-0.4, -0.2) is 25.1 Å². The smallest absolute Gasteiger partial charge is 0.325 e. The van der Waals surface area contributed by atoms with Crippen molar-refractivity contribution in [1.29, 1.82) is 0 Å². The summed E-state index contributed by atoms with van der Waals surface area (Å²) < 4.78 is 5.27. The van der Waals surface area contributed by atoms with Gasteiger partial charge in [-0.1, -0.05) is 29.8 Å². The van der Waals surface area contributed by atoms with Crippen molar-refractivity contribution in [1.82, 2.24) is 4.90 Å². The standard InChI is InChI=1S/C24H23ClN2O2S/c1-26-23(28)27(15-16-5-10-19(29-2)11-6-16)21-12-9-18(25)14-20(21)24(26,17-7-8-17)22-4-3-13-30-22/h3-6,9-14,17H,7-8,15H2,1-2H3. The van der Waals surface area contributed by atoms with E-state index < -0.39 is 5.54 Å². The molecular formula is C24H23ClN2O2S. The fraction of sp³-hybridized carbons (Fsp3) is 0.292. The van der Waals surface area contributed by atoms with E-state index in [0.717, 1.165) is 35.4 Å². The summed E-state index contributed by atoms with van der Waals surface area (Å²) in [6, 6.07) is 18.0. The zero-order valence-corrected chi connectivity index (χ0v) is 18.5. The average Bonchev–Trinajstić information content (AvgIpc) is 3.46. The number of thiophene rings is 1. The van der Waals surface area contributed by atoms with E-state index in [0.29, 0.717) is 17.5 Å². The first-order valence-corrected chi connectivity index (χ1v) is 11.3. The van der Waals surface area contributed by atoms with E-state index in [1.807, 2.05) is 53.2 Å². The molecule has 3 aromatic rings. The lowest BCUT2D eigenvalue weighted by atomic mass is 9.79. The molecule has 0 bridgehead atoms. The van der Waals surface area contributed by atoms with Gasteiger partial charge in [-0.15, -0.1) is 11.3 Å². The van der Waals surface area contributed by atoms with Gasteiger partial charge in [0.05, 0.1) is 19.3 Å². The van der Waals surface area contributed by atoms with Crippen LogP contribution in [0.1, 0.15) is 28.8 Å². The normalized spacial score (nSPS) is 21.0. The van der Waals surface area contributed by atoms with Crippen molar-refractivity contribution in [2.75, 3.05) is 19.1 Å². The van der Waals surface area contributed by atoms with E-state index >= 15 is 0 Å². The number of benzene rings is 2. The Balaban J connectivity index is 1.65. The third-order valence-electron chi connectivity index (χ3n) is 6.27. The van der Waals surface area contributed by atoms with Crippen molar-refractivity contribution in [3.8, 4) is 5.75 Å². The van der Waals surface area contributed by atoms with Gasteiger partial charge < -0.3 is 9.64 Å². The van der Waals surface area contributed by atoms with Gasteiger partial charge in [0.2, 0.25) is 0 Å². The summed E-state index contributed by atoms with van der Waals surface area (Å²) in [6.07, 6.45) is 2.22. The zero-order chi connectivity index (χ0) is 20.9. The average molecular weight is 439 g/mol. The molecule has 6 heteroatoms. The Morgan fingerprint density at radius 3 is 2.57 bits per heavy atom. The summed E-state index contributed by atoms with van der Waals surface area (Å²) in [5.41, 5.74) is 2.66. The molecule has 0 radical (unpaired) electrons. The second-order valence-electron chi connectivity index (χ2n) is 7.96. The van der Waals surface area contributed by atoms with Crippen LogP contribution >= 0.6 is 22.9 Å². The molecule has 1 aliphatic carbocycles. The van der Waals surface area contributed by atoms with Gasteiger partial charge in [0.1, 0.15) is 11.3 Å². The SMILES string of the molecule is COc1ccc(CN2C(=O)N(C)C(c3cccs3)(C3CC3)c3cc(Cl)ccc32)cc1. The maximum absolute atomic E-state index is 13.7. The van der Waals surface area contributed by atoms with Crippen molar-refractivity contribution < 1.29 is 9.53 Å². The monoisotopic (exact) mass is 438 g/mol. The lowest BCUT2D eigenvalue weighted by Crippen LogP contribution is -2.58. The fourth-order valence-electron chi connectivity index (χ4n) is 4.72. The Morgan fingerprint density at radius 2 is 1.93 bits per heavy atom. The number of urea groups is 1. The van der Waals surface area contributed by atoms with Gasteiger partial charge >= 0.3 is 6.03 Å². The number of hydrogen-bond acceptors (Lipinski definition) is 3. The number of carbonyl (C=O) groups excluding carboxylic acids is 1. The molecule has 2 amide bonds. The minimum atomic E-state index is -0.456. The number of rotatable bonds is 5. The summed E-state index contributed by atoms with van der Waals surface area (Å²) in [6.45, 7) is 0.493. The van der Waals surface area contributed by atoms with Crippen molar-refractivity contribution in [3.05, 3.63) is 81.0 Å². The topological polar surface area (TPSA) is 32.8 Å². The predicted octanol–water partition coefficient (Wildman–Crippen LogP) is 6.14. The lowest BCUT2D eigenvalue weighted by Gasteiger charge is -2.50. The summed E-state index contributed by atoms with van der Waals surface area (Å²) in [7, 11) is 3.59. The molecule has 1 aromatic heterocycles. The largest absolute Gasteiger partial charge is 0.497 e. The van der Waals surface area contributed by atoms with Crippen LogP contribution in [0.2, 0.25) is 5.02 Å². The van der Waals surface area contributed by atoms with E-state index in [2.05, 4.69) is 23.6 Å². The first-order chi connectivity index (χ1) is 14.6. The van der Waals surface area contributed by atoms with Crippen molar-refractivity contribution >= 4 is 34.7 Å². The zero-order valence-electron chi connectivity index (χ0n) is 17.0. The number of methoxy groups -OCH3 is 1. The predicted molar refractivity (Wildman–Crippen MR) is 122 cm³/mol. The molecule has 1 fully saturated rings. The van der Waals surface area contributed by atoms with Gasteiger partial charge in [-0.3, -0.25) is 4.90 Å². The highest BCUT2D eigenvalue weighted by molar-refractivity contribution is 7.10. The van der Waals surface area contributed by atoms with Crippen molar-refractivity contribution in [2.45, 2.75) is 24.9 Å². The van der Waals surface area contributed by atoms with Gasteiger partial charge in [0.15, 0.2) is 0 Å². The number of fused-ring (bicyclic) bond motifs is 1. The Morgan fingerprint density at radius 1 is 1.17 bits per heavy atom. The number of nitrogens with zero attached hydrogens (tertiary/aromatic N) is 2. The third kappa shape index (κ3) is 2.91. The van der Waals surface area contributed by atoms with Gasteiger partial charge in [0.25, 0.3) is 0 Å². The minimum absolute atomic E-state index is 0.0148. The number of hydrogen-bond donors (Lipinski definition) is 0. The summed E-state index contributed by atoms with van der Waals surface area (Å²) in [5, 5.41) is 2.79. The quantitative estimate of drug-likeness (QED) is 0.479. The molecule has 4 nitrogen and oxygen atoms in total. The number of ether oxygens (including phenoxy) is 1. The molecule has 0 N–H and O–H groups in total. The van der Waals surface area contributed by atoms with Crippen LogP contribution in [0.3, 0.4) is 0 Å². The van der Waals surface area contributed by atoms with Gasteiger partial charge in [0, 0.05) is 22.5 Å². The Bertz CT molecular complexity index is 1080. The van der Waals surface area contributed by atoms with Crippen molar-refractivity contribution in [3.63, 3.8) is 0 Å². The highest BCUT2D eigenvalue weighted by Gasteiger charge is 2.57. The Labute approximate surface area is 185 Å². The summed E-state index contributed by atoms with van der Waals surface area (Å²) in [4.78, 5) is 18.8. The highest BCUT2D eigenvalue weighted by Crippen LogP contribution is 2.58. The maximum atomic E-state index is 13.7. The number of amides is 2. The van der Waals surface area contributed by atoms with Crippen LogP contribution in [-0.2, 0) is 12.1 Å². The molecule has 2 aromatic carbocycles. The highest BCUT2D eigenvalue weighted by atomic mass is 35.5. The van der Waals surface area contributed by atoms with E-state index in [4.69, 9.17) is 16.3 Å². The van der Waals surface area contributed by atoms with Gasteiger partial charge in [-0.2, -0.15) is 0 Å². The minimum Gasteiger partial charge on any atom is -0.497 e. The molecule has 1 aliphatic heterocycles. The molecule has 2 heterocycles. The first-order valence-electron chi connectivity index (χ1n) is 10.1. The number of halogens is 1. The Hall–Kier alpha value is -2.50. The third-order valence-corrected chi connectivity index (χ3v) is 7.50. The molecule has 1 unspecified atom stereocenters. The molecule has 0 spiro atoms. The van der Waals surface area contributed by atoms with Crippen LogP contribution in [0.5, 0.6) is 5.75 Å². The molecule has 1 atom stereocenters. The van der Waals surface area contributed by atoms with E-state index in [1.54, 1.807) is 18.4 Å². The van der Waals surface area contributed by atoms with E-state index in [1.165, 1.54) is 4.88 Å². The molecule has 154 valence electrons.